The molecule has 0 bridgehead atoms. The van der Waals surface area contributed by atoms with Crippen molar-refractivity contribution in [2.24, 2.45) is 0 Å². The van der Waals surface area contributed by atoms with E-state index in [9.17, 15) is 0 Å². The molecule has 0 aliphatic carbocycles. The molecule has 0 aromatic heterocycles. The van der Waals surface area contributed by atoms with Gasteiger partial charge in [0.25, 0.3) is 0 Å². The van der Waals surface area contributed by atoms with Gasteiger partial charge in [0.15, 0.2) is 0 Å². The zero-order valence-electron chi connectivity index (χ0n) is 11.2. The lowest BCUT2D eigenvalue weighted by Gasteiger charge is -2.45. The fourth-order valence-electron chi connectivity index (χ4n) is 3.05. The van der Waals surface area contributed by atoms with Crippen LogP contribution in [0, 0.1) is 0 Å². The fraction of sp³-hybridized carbons (Fsp3) is 1.00. The first kappa shape index (κ1) is 13.0. The molecule has 0 aromatic carbocycles. The van der Waals surface area contributed by atoms with Crippen LogP contribution in [-0.4, -0.2) is 35.2 Å². The van der Waals surface area contributed by atoms with Gasteiger partial charge in [0.2, 0.25) is 0 Å². The average Bonchev–Trinajstić information content (AvgIpc) is 1.99. The third-order valence-corrected chi connectivity index (χ3v) is 3.29. The Labute approximate surface area is 95.0 Å². The molecule has 0 spiro atoms. The maximum absolute atomic E-state index is 5.93. The van der Waals surface area contributed by atoms with E-state index in [0.29, 0.717) is 30.3 Å². The first-order valence-corrected chi connectivity index (χ1v) is 6.34. The van der Waals surface area contributed by atoms with Crippen LogP contribution in [-0.2, 0) is 4.74 Å². The van der Waals surface area contributed by atoms with Crippen LogP contribution in [0.15, 0.2) is 0 Å². The minimum absolute atomic E-state index is 0.361. The Morgan fingerprint density at radius 2 is 1.47 bits per heavy atom. The van der Waals surface area contributed by atoms with Crippen molar-refractivity contribution < 1.29 is 4.74 Å². The minimum atomic E-state index is 0.361. The fourth-order valence-corrected chi connectivity index (χ4v) is 3.05. The highest BCUT2D eigenvalue weighted by Crippen LogP contribution is 2.27. The summed E-state index contributed by atoms with van der Waals surface area (Å²) in [4.78, 5) is 2.61. The summed E-state index contributed by atoms with van der Waals surface area (Å²) in [5.41, 5.74) is 0. The number of rotatable bonds is 3. The van der Waals surface area contributed by atoms with Gasteiger partial charge in [-0.05, 0) is 54.4 Å². The van der Waals surface area contributed by atoms with Gasteiger partial charge in [-0.15, -0.1) is 0 Å². The largest absolute Gasteiger partial charge is 0.375 e. The van der Waals surface area contributed by atoms with E-state index in [1.54, 1.807) is 0 Å². The standard InChI is InChI=1S/C13H27NO/c1-9(2)14-11(5)7-13(8-12(14)6)15-10(3)4/h9-13H,7-8H2,1-6H3/t11-,12-/m1/s1. The first-order valence-electron chi connectivity index (χ1n) is 6.34. The van der Waals surface area contributed by atoms with Crippen LogP contribution in [0.1, 0.15) is 54.4 Å². The molecule has 1 aliphatic heterocycles. The summed E-state index contributed by atoms with van der Waals surface area (Å²) in [5.74, 6) is 0. The molecular formula is C13H27NO. The van der Waals surface area contributed by atoms with Crippen LogP contribution in [0.3, 0.4) is 0 Å². The Hall–Kier alpha value is -0.0800. The van der Waals surface area contributed by atoms with Crippen molar-refractivity contribution in [3.63, 3.8) is 0 Å². The first-order chi connectivity index (χ1) is 6.91. The van der Waals surface area contributed by atoms with E-state index in [1.165, 1.54) is 12.8 Å². The van der Waals surface area contributed by atoms with Gasteiger partial charge < -0.3 is 4.74 Å². The number of hydrogen-bond donors (Lipinski definition) is 0. The molecule has 15 heavy (non-hydrogen) atoms. The second-order valence-electron chi connectivity index (χ2n) is 5.52. The van der Waals surface area contributed by atoms with Gasteiger partial charge >= 0.3 is 0 Å². The second-order valence-corrected chi connectivity index (χ2v) is 5.52. The molecule has 0 N–H and O–H groups in total. The van der Waals surface area contributed by atoms with Crippen LogP contribution >= 0.6 is 0 Å². The maximum atomic E-state index is 5.93. The Kier molecular flexibility index (Phi) is 4.60. The third kappa shape index (κ3) is 3.46. The van der Waals surface area contributed by atoms with Crippen LogP contribution in [0.25, 0.3) is 0 Å². The summed E-state index contributed by atoms with van der Waals surface area (Å²) in [6, 6.07) is 1.95. The van der Waals surface area contributed by atoms with Crippen LogP contribution < -0.4 is 0 Å². The van der Waals surface area contributed by atoms with E-state index in [2.05, 4.69) is 46.4 Å². The number of ether oxygens (including phenoxy) is 1. The Morgan fingerprint density at radius 1 is 1.00 bits per heavy atom. The predicted octanol–water partition coefficient (Wildman–Crippen LogP) is 3.06. The molecule has 2 nitrogen and oxygen atoms in total. The number of nitrogens with zero attached hydrogens (tertiary/aromatic N) is 1. The van der Waals surface area contributed by atoms with Crippen molar-refractivity contribution >= 4 is 0 Å². The molecule has 1 saturated heterocycles. The molecule has 1 rings (SSSR count). The minimum Gasteiger partial charge on any atom is -0.375 e. The molecule has 1 fully saturated rings. The summed E-state index contributed by atoms with van der Waals surface area (Å²) in [6.07, 6.45) is 3.19. The Bertz CT molecular complexity index is 179. The van der Waals surface area contributed by atoms with Crippen LogP contribution in [0.4, 0.5) is 0 Å². The van der Waals surface area contributed by atoms with Gasteiger partial charge in [-0.2, -0.15) is 0 Å². The third-order valence-electron chi connectivity index (χ3n) is 3.29. The monoisotopic (exact) mass is 213 g/mol. The van der Waals surface area contributed by atoms with Crippen LogP contribution in [0.2, 0.25) is 0 Å². The summed E-state index contributed by atoms with van der Waals surface area (Å²) < 4.78 is 5.93. The number of piperidine rings is 1. The average molecular weight is 213 g/mol. The van der Waals surface area contributed by atoms with Crippen molar-refractivity contribution in [2.75, 3.05) is 0 Å². The van der Waals surface area contributed by atoms with Crippen molar-refractivity contribution in [1.29, 1.82) is 0 Å². The van der Waals surface area contributed by atoms with Crippen molar-refractivity contribution in [1.82, 2.24) is 4.90 Å². The topological polar surface area (TPSA) is 12.5 Å². The lowest BCUT2D eigenvalue weighted by Crippen LogP contribution is -2.52. The second kappa shape index (κ2) is 5.31. The zero-order valence-corrected chi connectivity index (χ0v) is 11.2. The molecular weight excluding hydrogens is 186 g/mol. The normalized spacial score (nSPS) is 34.0. The summed E-state index contributed by atoms with van der Waals surface area (Å²) in [5, 5.41) is 0. The van der Waals surface area contributed by atoms with Crippen LogP contribution in [0.5, 0.6) is 0 Å². The van der Waals surface area contributed by atoms with E-state index in [4.69, 9.17) is 4.74 Å². The van der Waals surface area contributed by atoms with Gasteiger partial charge in [-0.1, -0.05) is 0 Å². The van der Waals surface area contributed by atoms with Gasteiger partial charge in [-0.25, -0.2) is 0 Å². The van der Waals surface area contributed by atoms with E-state index < -0.39 is 0 Å². The smallest absolute Gasteiger partial charge is 0.0608 e. The molecule has 1 aliphatic rings. The van der Waals surface area contributed by atoms with Crippen molar-refractivity contribution in [3.8, 4) is 0 Å². The number of hydrogen-bond acceptors (Lipinski definition) is 2. The predicted molar refractivity (Wildman–Crippen MR) is 65.1 cm³/mol. The lowest BCUT2D eigenvalue weighted by molar-refractivity contribution is -0.0663. The summed E-state index contributed by atoms with van der Waals surface area (Å²) in [7, 11) is 0. The summed E-state index contributed by atoms with van der Waals surface area (Å²) in [6.45, 7) is 13.5. The molecule has 0 aromatic rings. The van der Waals surface area contributed by atoms with Gasteiger partial charge in [-0.3, -0.25) is 4.90 Å². The summed E-state index contributed by atoms with van der Waals surface area (Å²) >= 11 is 0. The molecule has 90 valence electrons. The van der Waals surface area contributed by atoms with E-state index in [0.717, 1.165) is 0 Å². The number of likely N-dealkylation sites (tertiary alicyclic amines) is 1. The SMILES string of the molecule is CC(C)OC1C[C@@H](C)N(C(C)C)[C@H](C)C1. The van der Waals surface area contributed by atoms with Gasteiger partial charge in [0.05, 0.1) is 12.2 Å². The molecule has 0 amide bonds. The van der Waals surface area contributed by atoms with E-state index >= 15 is 0 Å². The highest BCUT2D eigenvalue weighted by atomic mass is 16.5. The Balaban J connectivity index is 2.54. The van der Waals surface area contributed by atoms with Crippen molar-refractivity contribution in [2.45, 2.75) is 84.7 Å². The van der Waals surface area contributed by atoms with E-state index in [-0.39, 0.29) is 0 Å². The molecule has 0 radical (unpaired) electrons. The highest BCUT2D eigenvalue weighted by Gasteiger charge is 2.32. The molecule has 0 saturated carbocycles. The molecule has 1 heterocycles. The lowest BCUT2D eigenvalue weighted by atomic mass is 9.93. The van der Waals surface area contributed by atoms with Crippen molar-refractivity contribution in [3.05, 3.63) is 0 Å². The Morgan fingerprint density at radius 3 is 1.80 bits per heavy atom. The quantitative estimate of drug-likeness (QED) is 0.714. The molecule has 2 heteroatoms. The van der Waals surface area contributed by atoms with Gasteiger partial charge in [0, 0.05) is 18.1 Å². The molecule has 0 unspecified atom stereocenters. The highest BCUT2D eigenvalue weighted by molar-refractivity contribution is 4.87. The van der Waals surface area contributed by atoms with E-state index in [1.807, 2.05) is 0 Å². The zero-order chi connectivity index (χ0) is 11.6. The van der Waals surface area contributed by atoms with Gasteiger partial charge in [0.1, 0.15) is 0 Å². The molecule has 2 atom stereocenters. The maximum Gasteiger partial charge on any atom is 0.0608 e.